The van der Waals surface area contributed by atoms with Gasteiger partial charge in [-0.2, -0.15) is 0 Å². The van der Waals surface area contributed by atoms with E-state index in [0.717, 1.165) is 0 Å². The molecular formula is H4Cl2O2S. The van der Waals surface area contributed by atoms with Crippen molar-refractivity contribution in [3.63, 3.8) is 0 Å². The highest BCUT2D eigenvalue weighted by molar-refractivity contribution is 8.38. The maximum absolute atomic E-state index is 4.68. The van der Waals surface area contributed by atoms with Gasteiger partial charge in [0.15, 0.2) is 0 Å². The topological polar surface area (TPSA) is 63.0 Å². The molecular weight excluding hydrogens is 135 g/mol. The molecule has 36 valence electrons. The lowest BCUT2D eigenvalue weighted by Crippen LogP contribution is -0.745. The first-order chi connectivity index (χ1) is 1.41. The zero-order valence-corrected chi connectivity index (χ0v) is 4.49. The minimum atomic E-state index is 0. The molecule has 0 aliphatic rings. The Balaban J connectivity index is -0.0000000200. The lowest BCUT2D eigenvalue weighted by molar-refractivity contribution is 0.823. The fraction of sp³-hybridized carbons (Fsp3) is 0. The summed E-state index contributed by atoms with van der Waals surface area (Å²) in [6.07, 6.45) is 0. The van der Waals surface area contributed by atoms with Crippen molar-refractivity contribution in [1.82, 2.24) is 0 Å². The quantitative estimate of drug-likeness (QED) is 0.478. The Morgan fingerprint density at radius 2 is 1.00 bits per heavy atom. The van der Waals surface area contributed by atoms with Crippen molar-refractivity contribution < 1.29 is 11.0 Å². The molecule has 0 bridgehead atoms. The van der Waals surface area contributed by atoms with Gasteiger partial charge in [-0.05, 0) is 21.4 Å². The largest absolute Gasteiger partial charge is 0.412 e. The molecule has 0 spiro atoms. The lowest BCUT2D eigenvalue weighted by atomic mass is 16.0. The molecule has 0 atom stereocenters. The fourth-order valence-electron chi connectivity index (χ4n) is 0. The second-order valence-corrected chi connectivity index (χ2v) is 1.57. The Bertz CT molecular complexity index is 7.61. The van der Waals surface area contributed by atoms with Crippen LogP contribution in [-0.4, -0.2) is 11.0 Å². The van der Waals surface area contributed by atoms with Crippen LogP contribution in [0.25, 0.3) is 0 Å². The summed E-state index contributed by atoms with van der Waals surface area (Å²) in [6, 6.07) is 0. The molecule has 5 heteroatoms. The Kier molecular flexibility index (Phi) is 71.2. The number of rotatable bonds is 0. The highest BCUT2D eigenvalue weighted by atomic mass is 36.0. The van der Waals surface area contributed by atoms with Crippen molar-refractivity contribution in [3.05, 3.63) is 0 Å². The predicted molar refractivity (Wildman–Crippen MR) is 26.5 cm³/mol. The van der Waals surface area contributed by atoms with Gasteiger partial charge in [-0.3, -0.25) is 0 Å². The summed E-state index contributed by atoms with van der Waals surface area (Å²) in [4.78, 5) is 0. The molecule has 0 radical (unpaired) electrons. The van der Waals surface area contributed by atoms with E-state index in [1.54, 1.807) is 0 Å². The van der Waals surface area contributed by atoms with Crippen LogP contribution in [-0.2, 0) is 0 Å². The van der Waals surface area contributed by atoms with Gasteiger partial charge in [0.1, 0.15) is 0 Å². The van der Waals surface area contributed by atoms with Gasteiger partial charge in [0.25, 0.3) is 0 Å². The maximum Gasteiger partial charge on any atom is 0.0523 e. The molecule has 5 heavy (non-hydrogen) atoms. The second-order valence-electron chi connectivity index (χ2n) is 0.0583. The van der Waals surface area contributed by atoms with Crippen LogP contribution in [0.3, 0.4) is 0 Å². The van der Waals surface area contributed by atoms with Crippen LogP contribution in [0.5, 0.6) is 0 Å². The van der Waals surface area contributed by atoms with Crippen LogP contribution in [0, 0.1) is 0 Å². The van der Waals surface area contributed by atoms with Gasteiger partial charge < -0.3 is 11.0 Å². The zero-order valence-electron chi connectivity index (χ0n) is 2.16. The third-order valence-corrected chi connectivity index (χ3v) is 0. The van der Waals surface area contributed by atoms with E-state index < -0.39 is 0 Å². The number of hydrogen-bond acceptors (Lipinski definition) is 1. The smallest absolute Gasteiger partial charge is 0.0523 e. The zero-order chi connectivity index (χ0) is 2.71. The van der Waals surface area contributed by atoms with Crippen molar-refractivity contribution in [1.29, 1.82) is 0 Å². The van der Waals surface area contributed by atoms with E-state index in [1.807, 2.05) is 0 Å². The van der Waals surface area contributed by atoms with Gasteiger partial charge >= 0.3 is 0 Å². The Hall–Kier alpha value is 0.850. The van der Waals surface area contributed by atoms with Gasteiger partial charge in [-0.15, -0.1) is 0 Å². The van der Waals surface area contributed by atoms with E-state index in [9.17, 15) is 0 Å². The Labute approximate surface area is 43.1 Å². The predicted octanol–water partition coefficient (Wildman–Crippen LogP) is 0.378. The summed E-state index contributed by atoms with van der Waals surface area (Å²) in [5, 5.41) is 0. The summed E-state index contributed by atoms with van der Waals surface area (Å²) < 4.78 is 0. The Morgan fingerprint density at radius 3 is 1.00 bits per heavy atom. The molecule has 0 unspecified atom stereocenters. The van der Waals surface area contributed by atoms with Crippen LogP contribution in [0.15, 0.2) is 0 Å². The summed E-state index contributed by atoms with van der Waals surface area (Å²) >= 11 is 0. The van der Waals surface area contributed by atoms with Crippen LogP contribution in [0.2, 0.25) is 0 Å². The second kappa shape index (κ2) is 21.0. The minimum Gasteiger partial charge on any atom is -0.412 e. The average molecular weight is 139 g/mol. The first-order valence-corrected chi connectivity index (χ1v) is 2.78. The van der Waals surface area contributed by atoms with E-state index in [4.69, 9.17) is 0 Å². The van der Waals surface area contributed by atoms with Gasteiger partial charge in [0.2, 0.25) is 0 Å². The molecule has 0 aliphatic heterocycles. The van der Waals surface area contributed by atoms with E-state index in [-0.39, 0.29) is 11.0 Å². The standard InChI is InChI=1S/Cl2S.2H2O/c1-3-2;;/h;2*1H2. The molecule has 4 N–H and O–H groups in total. The molecule has 0 amide bonds. The normalized spacial score (nSPS) is 3.60. The SMILES string of the molecule is ClSCl.O.O. The van der Waals surface area contributed by atoms with Gasteiger partial charge in [0.05, 0.1) is 10.2 Å². The van der Waals surface area contributed by atoms with E-state index >= 15 is 0 Å². The molecule has 2 nitrogen and oxygen atoms in total. The number of halogens is 2. The third kappa shape index (κ3) is 54.5. The van der Waals surface area contributed by atoms with Crippen molar-refractivity contribution in [2.75, 3.05) is 0 Å². The van der Waals surface area contributed by atoms with Crippen LogP contribution in [0.1, 0.15) is 0 Å². The fourth-order valence-corrected chi connectivity index (χ4v) is 0. The molecule has 0 aromatic heterocycles. The van der Waals surface area contributed by atoms with E-state index in [0.29, 0.717) is 10.2 Å². The summed E-state index contributed by atoms with van der Waals surface area (Å²) in [7, 11) is 10.1. The van der Waals surface area contributed by atoms with E-state index in [1.165, 1.54) is 0 Å². The van der Waals surface area contributed by atoms with Crippen LogP contribution >= 0.6 is 31.6 Å². The summed E-state index contributed by atoms with van der Waals surface area (Å²) in [6.45, 7) is 0. The van der Waals surface area contributed by atoms with Crippen LogP contribution < -0.4 is 0 Å². The summed E-state index contributed by atoms with van der Waals surface area (Å²) in [5.41, 5.74) is 0. The summed E-state index contributed by atoms with van der Waals surface area (Å²) in [5.74, 6) is 0. The number of hydrogen-bond donors (Lipinski definition) is 0. The highest BCUT2D eigenvalue weighted by Crippen LogP contribution is 2.08. The van der Waals surface area contributed by atoms with Crippen molar-refractivity contribution in [3.8, 4) is 0 Å². The molecule has 0 rings (SSSR count). The molecule has 0 aromatic rings. The molecule has 0 aromatic carbocycles. The average Bonchev–Trinajstić information content (AvgIpc) is 0.918. The molecule has 0 fully saturated rings. The molecule has 0 saturated carbocycles. The molecule has 0 saturated heterocycles. The highest BCUT2D eigenvalue weighted by Gasteiger charge is 1.43. The van der Waals surface area contributed by atoms with E-state index in [2.05, 4.69) is 21.4 Å². The first-order valence-electron chi connectivity index (χ1n) is 0.309. The maximum atomic E-state index is 4.68. The minimum absolute atomic E-state index is 0. The molecule has 0 heterocycles. The van der Waals surface area contributed by atoms with Gasteiger partial charge in [0, 0.05) is 0 Å². The lowest BCUT2D eigenvalue weighted by Gasteiger charge is -1.40. The van der Waals surface area contributed by atoms with Crippen molar-refractivity contribution >= 4 is 31.6 Å². The first kappa shape index (κ1) is 16.9. The Morgan fingerprint density at radius 1 is 1.00 bits per heavy atom. The van der Waals surface area contributed by atoms with Gasteiger partial charge in [-0.1, -0.05) is 0 Å². The molecule has 0 aliphatic carbocycles. The van der Waals surface area contributed by atoms with Gasteiger partial charge in [-0.25, -0.2) is 0 Å². The monoisotopic (exact) mass is 138 g/mol. The third-order valence-electron chi connectivity index (χ3n) is 0. The van der Waals surface area contributed by atoms with Crippen molar-refractivity contribution in [2.24, 2.45) is 0 Å². The van der Waals surface area contributed by atoms with Crippen molar-refractivity contribution in [2.45, 2.75) is 0 Å². The van der Waals surface area contributed by atoms with Crippen LogP contribution in [0.4, 0.5) is 0 Å².